The second-order valence-electron chi connectivity index (χ2n) is 9.38. The molecule has 4 aromatic carbocycles. The molecule has 0 aliphatic heterocycles. The van der Waals surface area contributed by atoms with Crippen LogP contribution in [0, 0.1) is 0 Å². The van der Waals surface area contributed by atoms with E-state index in [1.165, 1.54) is 12.1 Å². The quantitative estimate of drug-likeness (QED) is 0.231. The number of carbonyl (C=O) groups excluding carboxylic acids is 3. The van der Waals surface area contributed by atoms with Crippen molar-refractivity contribution >= 4 is 36.8 Å². The molecule has 0 aliphatic rings. The number of ketones is 2. The number of hydrogen-bond acceptors (Lipinski definition) is 4. The molecule has 0 aromatic heterocycles. The molecule has 0 bridgehead atoms. The first-order chi connectivity index (χ1) is 18.8. The van der Waals surface area contributed by atoms with Gasteiger partial charge in [-0.15, -0.1) is 0 Å². The zero-order chi connectivity index (χ0) is 27.8. The molecule has 0 saturated heterocycles. The Morgan fingerprint density at radius 3 is 2.00 bits per heavy atom. The van der Waals surface area contributed by atoms with Gasteiger partial charge in [-0.3, -0.25) is 19.2 Å². The Labute approximate surface area is 228 Å². The van der Waals surface area contributed by atoms with Gasteiger partial charge in [0.05, 0.1) is 12.3 Å². The second-order valence-corrected chi connectivity index (χ2v) is 9.38. The summed E-state index contributed by atoms with van der Waals surface area (Å²) in [5, 5.41) is 11.3. The van der Waals surface area contributed by atoms with Crippen LogP contribution in [-0.4, -0.2) is 42.9 Å². The molecule has 1 unspecified atom stereocenters. The summed E-state index contributed by atoms with van der Waals surface area (Å²) in [5.41, 5.74) is 5.02. The maximum atomic E-state index is 13.7. The number of carboxylic acid groups (broad SMARTS) is 1. The van der Waals surface area contributed by atoms with Crippen molar-refractivity contribution in [2.45, 2.75) is 18.8 Å². The molecule has 0 radical (unpaired) electrons. The predicted octanol–water partition coefficient (Wildman–Crippen LogP) is 4.06. The van der Waals surface area contributed by atoms with E-state index < -0.39 is 17.8 Å². The number of amides is 1. The minimum Gasteiger partial charge on any atom is -0.481 e. The summed E-state index contributed by atoms with van der Waals surface area (Å²) in [5.74, 6) is -2.48. The Morgan fingerprint density at radius 1 is 0.718 bits per heavy atom. The highest BCUT2D eigenvalue weighted by atomic mass is 16.4. The first-order valence-electron chi connectivity index (χ1n) is 12.7. The first-order valence-corrected chi connectivity index (χ1v) is 12.7. The topological polar surface area (TPSA) is 101 Å². The van der Waals surface area contributed by atoms with E-state index in [0.29, 0.717) is 16.7 Å². The monoisotopic (exact) mass is 517 g/mol. The van der Waals surface area contributed by atoms with Crippen LogP contribution in [0.1, 0.15) is 55.4 Å². The third kappa shape index (κ3) is 7.17. The number of nitrogens with one attached hydrogen (secondary N) is 1. The average Bonchev–Trinajstić information content (AvgIpc) is 2.96. The fraction of sp³-hybridized carbons (Fsp3) is 0.125. The maximum Gasteiger partial charge on any atom is 0.305 e. The highest BCUT2D eigenvalue weighted by molar-refractivity contribution is 6.32. The van der Waals surface area contributed by atoms with Crippen LogP contribution in [0.15, 0.2) is 103 Å². The van der Waals surface area contributed by atoms with Gasteiger partial charge in [-0.05, 0) is 28.8 Å². The molecule has 0 saturated carbocycles. The molecule has 1 amide bonds. The van der Waals surface area contributed by atoms with Crippen molar-refractivity contribution in [1.82, 2.24) is 5.32 Å². The minimum atomic E-state index is -1.00. The Morgan fingerprint density at radius 2 is 1.36 bits per heavy atom. The second kappa shape index (κ2) is 12.7. The summed E-state index contributed by atoms with van der Waals surface area (Å²) in [6.07, 6.45) is -0.174. The van der Waals surface area contributed by atoms with E-state index in [-0.39, 0.29) is 31.0 Å². The van der Waals surface area contributed by atoms with Crippen LogP contribution in [0.25, 0.3) is 11.1 Å². The molecule has 7 heteroatoms. The lowest BCUT2D eigenvalue weighted by Gasteiger charge is -2.17. The van der Waals surface area contributed by atoms with Gasteiger partial charge in [0, 0.05) is 29.7 Å². The van der Waals surface area contributed by atoms with Crippen molar-refractivity contribution in [3.63, 3.8) is 0 Å². The third-order valence-corrected chi connectivity index (χ3v) is 6.52. The van der Waals surface area contributed by atoms with Gasteiger partial charge in [0.25, 0.3) is 5.91 Å². The fourth-order valence-electron chi connectivity index (χ4n) is 4.39. The lowest BCUT2D eigenvalue weighted by atomic mass is 9.84. The third-order valence-electron chi connectivity index (χ3n) is 6.52. The van der Waals surface area contributed by atoms with Crippen LogP contribution in [0.5, 0.6) is 0 Å². The zero-order valence-electron chi connectivity index (χ0n) is 21.6. The molecular formula is C32H28BNO5. The average molecular weight is 517 g/mol. The van der Waals surface area contributed by atoms with Crippen molar-refractivity contribution < 1.29 is 24.3 Å². The van der Waals surface area contributed by atoms with Gasteiger partial charge in [0.1, 0.15) is 7.85 Å². The predicted molar refractivity (Wildman–Crippen MR) is 154 cm³/mol. The smallest absolute Gasteiger partial charge is 0.305 e. The molecule has 0 fully saturated rings. The van der Waals surface area contributed by atoms with Crippen molar-refractivity contribution in [3.05, 3.63) is 125 Å². The van der Waals surface area contributed by atoms with E-state index in [4.69, 9.17) is 5.11 Å². The van der Waals surface area contributed by atoms with E-state index in [2.05, 4.69) is 5.32 Å². The molecule has 2 N–H and O–H groups in total. The van der Waals surface area contributed by atoms with Crippen LogP contribution < -0.4 is 10.8 Å². The molecule has 6 nitrogen and oxygen atoms in total. The van der Waals surface area contributed by atoms with Gasteiger partial charge in [0.2, 0.25) is 0 Å². The Hall–Kier alpha value is -4.78. The van der Waals surface area contributed by atoms with Crippen LogP contribution in [-0.2, 0) is 4.79 Å². The van der Waals surface area contributed by atoms with Gasteiger partial charge < -0.3 is 10.4 Å². The van der Waals surface area contributed by atoms with Crippen LogP contribution in [0.3, 0.4) is 0 Å². The van der Waals surface area contributed by atoms with Crippen molar-refractivity contribution in [3.8, 4) is 11.1 Å². The van der Waals surface area contributed by atoms with E-state index in [1.807, 2.05) is 80.6 Å². The summed E-state index contributed by atoms with van der Waals surface area (Å²) in [4.78, 5) is 50.0. The van der Waals surface area contributed by atoms with Crippen LogP contribution >= 0.6 is 0 Å². The normalized spacial score (nSPS) is 11.4. The van der Waals surface area contributed by atoms with E-state index in [0.717, 1.165) is 22.2 Å². The number of rotatable bonds is 11. The lowest BCUT2D eigenvalue weighted by molar-refractivity contribution is -0.136. The summed E-state index contributed by atoms with van der Waals surface area (Å²) in [7, 11) is 1.92. The lowest BCUT2D eigenvalue weighted by Crippen LogP contribution is -2.26. The summed E-state index contributed by atoms with van der Waals surface area (Å²) < 4.78 is 0. The van der Waals surface area contributed by atoms with Crippen LogP contribution in [0.4, 0.5) is 0 Å². The Balaban J connectivity index is 1.59. The first kappa shape index (κ1) is 27.3. The van der Waals surface area contributed by atoms with Gasteiger partial charge >= 0.3 is 5.97 Å². The minimum absolute atomic E-state index is 0.00436. The van der Waals surface area contributed by atoms with E-state index in [1.54, 1.807) is 18.2 Å². The summed E-state index contributed by atoms with van der Waals surface area (Å²) in [6, 6.07) is 31.1. The number of Topliss-reactive ketones (excluding diaryl/α,β-unsaturated/α-hetero) is 2. The molecule has 0 heterocycles. The van der Waals surface area contributed by atoms with Gasteiger partial charge in [0.15, 0.2) is 11.6 Å². The zero-order valence-corrected chi connectivity index (χ0v) is 21.6. The molecule has 1 atom stereocenters. The standard InChI is InChI=1S/C32H28BNO5/c33-27-8-4-7-26(19-27)29(35)20-28(23-11-9-22(10-12-23)21-5-2-1-3-6-21)31(38)24-13-15-25(16-14-24)32(39)34-18-17-30(36)37/h1-16,19,28H,17-18,20,33H2,(H,34,39)(H,36,37). The largest absolute Gasteiger partial charge is 0.481 e. The molecule has 39 heavy (non-hydrogen) atoms. The van der Waals surface area contributed by atoms with E-state index >= 15 is 0 Å². The summed E-state index contributed by atoms with van der Waals surface area (Å²) in [6.45, 7) is 0.0109. The Bertz CT molecular complexity index is 1480. The number of benzene rings is 4. The molecular weight excluding hydrogens is 489 g/mol. The molecule has 0 spiro atoms. The van der Waals surface area contributed by atoms with Crippen molar-refractivity contribution in [1.29, 1.82) is 0 Å². The molecule has 4 rings (SSSR count). The maximum absolute atomic E-state index is 13.7. The number of carbonyl (C=O) groups is 4. The van der Waals surface area contributed by atoms with Crippen molar-refractivity contribution in [2.24, 2.45) is 0 Å². The van der Waals surface area contributed by atoms with Gasteiger partial charge in [-0.1, -0.05) is 96.5 Å². The van der Waals surface area contributed by atoms with Gasteiger partial charge in [-0.2, -0.15) is 0 Å². The summed E-state index contributed by atoms with van der Waals surface area (Å²) >= 11 is 0. The van der Waals surface area contributed by atoms with Gasteiger partial charge in [-0.25, -0.2) is 0 Å². The SMILES string of the molecule is Bc1cccc(C(=O)CC(C(=O)c2ccc(C(=O)NCCC(=O)O)cc2)c2ccc(-c3ccccc3)cc2)c1. The van der Waals surface area contributed by atoms with Crippen molar-refractivity contribution in [2.75, 3.05) is 6.54 Å². The molecule has 194 valence electrons. The highest BCUT2D eigenvalue weighted by Crippen LogP contribution is 2.29. The Kier molecular flexibility index (Phi) is 8.84. The number of aliphatic carboxylic acids is 1. The number of carboxylic acids is 1. The molecule has 4 aromatic rings. The highest BCUT2D eigenvalue weighted by Gasteiger charge is 2.26. The van der Waals surface area contributed by atoms with E-state index in [9.17, 15) is 19.2 Å². The molecule has 0 aliphatic carbocycles. The fourth-order valence-corrected chi connectivity index (χ4v) is 4.39. The number of hydrogen-bond donors (Lipinski definition) is 2. The van der Waals surface area contributed by atoms with Crippen LogP contribution in [0.2, 0.25) is 0 Å².